The van der Waals surface area contributed by atoms with E-state index in [-0.39, 0.29) is 6.61 Å². The van der Waals surface area contributed by atoms with Gasteiger partial charge in [-0.05, 0) is 36.7 Å². The summed E-state index contributed by atoms with van der Waals surface area (Å²) in [5, 5.41) is 0.616. The molecule has 0 aliphatic rings. The number of carbonyl (C=O) groups excluding carboxylic acids is 1. The largest absolute Gasteiger partial charge is 0.484 e. The molecule has 0 atom stereocenters. The van der Waals surface area contributed by atoms with Crippen LogP contribution >= 0.6 is 11.6 Å². The molecule has 82 valence electrons. The number of hydrogen-bond donors (Lipinski definition) is 2. The van der Waals surface area contributed by atoms with Gasteiger partial charge in [-0.3, -0.25) is 4.79 Å². The molecule has 0 aliphatic carbocycles. The minimum absolute atomic E-state index is 0.140. The first-order valence-corrected chi connectivity index (χ1v) is 4.91. The molecule has 1 amide bonds. The van der Waals surface area contributed by atoms with E-state index in [1.807, 2.05) is 0 Å². The molecular formula is C10H13ClN2O2. The van der Waals surface area contributed by atoms with Gasteiger partial charge in [0.05, 0.1) is 0 Å². The maximum absolute atomic E-state index is 10.6. The third-order valence-corrected chi connectivity index (χ3v) is 2.04. The molecule has 1 rings (SSSR count). The molecule has 5 heteroatoms. The predicted molar refractivity (Wildman–Crippen MR) is 58.9 cm³/mol. The van der Waals surface area contributed by atoms with E-state index in [0.29, 0.717) is 23.7 Å². The summed E-state index contributed by atoms with van der Waals surface area (Å²) in [5.41, 5.74) is 11.3. The van der Waals surface area contributed by atoms with Crippen molar-refractivity contribution in [1.29, 1.82) is 0 Å². The standard InChI is InChI=1S/C10H13ClN2O2/c11-8-1-2-9(15-6-10(13)14)7(5-8)3-4-12/h1-2,5H,3-4,6,12H2,(H2,13,14). The van der Waals surface area contributed by atoms with Crippen LogP contribution in [0.5, 0.6) is 5.75 Å². The maximum atomic E-state index is 10.6. The van der Waals surface area contributed by atoms with E-state index in [4.69, 9.17) is 27.8 Å². The van der Waals surface area contributed by atoms with Crippen LogP contribution in [0.1, 0.15) is 5.56 Å². The summed E-state index contributed by atoms with van der Waals surface area (Å²) in [6, 6.07) is 5.17. The highest BCUT2D eigenvalue weighted by atomic mass is 35.5. The minimum atomic E-state index is -0.511. The zero-order valence-electron chi connectivity index (χ0n) is 8.20. The highest BCUT2D eigenvalue weighted by molar-refractivity contribution is 6.30. The Kier molecular flexibility index (Phi) is 4.39. The van der Waals surface area contributed by atoms with E-state index in [1.165, 1.54) is 0 Å². The highest BCUT2D eigenvalue weighted by Gasteiger charge is 2.05. The van der Waals surface area contributed by atoms with Gasteiger partial charge in [-0.2, -0.15) is 0 Å². The molecule has 0 unspecified atom stereocenters. The number of nitrogens with two attached hydrogens (primary N) is 2. The Morgan fingerprint density at radius 2 is 2.20 bits per heavy atom. The van der Waals surface area contributed by atoms with E-state index < -0.39 is 5.91 Å². The van der Waals surface area contributed by atoms with Crippen LogP contribution in [0, 0.1) is 0 Å². The highest BCUT2D eigenvalue weighted by Crippen LogP contribution is 2.23. The first-order valence-electron chi connectivity index (χ1n) is 4.53. The van der Waals surface area contributed by atoms with Crippen molar-refractivity contribution in [3.63, 3.8) is 0 Å². The molecule has 0 heterocycles. The number of primary amides is 1. The second-order valence-electron chi connectivity index (χ2n) is 3.05. The Labute approximate surface area is 93.1 Å². The fraction of sp³-hybridized carbons (Fsp3) is 0.300. The van der Waals surface area contributed by atoms with Crippen LogP contribution < -0.4 is 16.2 Å². The smallest absolute Gasteiger partial charge is 0.255 e. The van der Waals surface area contributed by atoms with Crippen LogP contribution in [0.25, 0.3) is 0 Å². The number of carbonyl (C=O) groups is 1. The van der Waals surface area contributed by atoms with Gasteiger partial charge in [-0.15, -0.1) is 0 Å². The van der Waals surface area contributed by atoms with Crippen molar-refractivity contribution in [2.45, 2.75) is 6.42 Å². The van der Waals surface area contributed by atoms with Crippen molar-refractivity contribution in [3.05, 3.63) is 28.8 Å². The van der Waals surface area contributed by atoms with Crippen molar-refractivity contribution in [2.75, 3.05) is 13.2 Å². The van der Waals surface area contributed by atoms with Crippen LogP contribution in [0.4, 0.5) is 0 Å². The second-order valence-corrected chi connectivity index (χ2v) is 3.48. The summed E-state index contributed by atoms with van der Waals surface area (Å²) in [5.74, 6) is 0.0901. The lowest BCUT2D eigenvalue weighted by atomic mass is 10.1. The van der Waals surface area contributed by atoms with Crippen molar-refractivity contribution >= 4 is 17.5 Å². The monoisotopic (exact) mass is 228 g/mol. The third kappa shape index (κ3) is 3.77. The number of ether oxygens (including phenoxy) is 1. The Bertz CT molecular complexity index is 355. The normalized spacial score (nSPS) is 10.0. The lowest BCUT2D eigenvalue weighted by molar-refractivity contribution is -0.119. The molecule has 0 saturated heterocycles. The van der Waals surface area contributed by atoms with Crippen LogP contribution in [-0.4, -0.2) is 19.1 Å². The number of amides is 1. The molecule has 15 heavy (non-hydrogen) atoms. The number of hydrogen-bond acceptors (Lipinski definition) is 3. The van der Waals surface area contributed by atoms with Crippen molar-refractivity contribution < 1.29 is 9.53 Å². The SMILES string of the molecule is NCCc1cc(Cl)ccc1OCC(N)=O. The number of benzene rings is 1. The van der Waals surface area contributed by atoms with Gasteiger partial charge in [0.25, 0.3) is 5.91 Å². The van der Waals surface area contributed by atoms with Gasteiger partial charge in [0.2, 0.25) is 0 Å². The lowest BCUT2D eigenvalue weighted by Crippen LogP contribution is -2.20. The molecule has 4 N–H and O–H groups in total. The molecule has 0 fully saturated rings. The van der Waals surface area contributed by atoms with Gasteiger partial charge in [0.1, 0.15) is 5.75 Å². The Morgan fingerprint density at radius 1 is 1.47 bits per heavy atom. The summed E-state index contributed by atoms with van der Waals surface area (Å²) in [6.45, 7) is 0.354. The van der Waals surface area contributed by atoms with E-state index in [2.05, 4.69) is 0 Å². The fourth-order valence-electron chi connectivity index (χ4n) is 1.19. The number of rotatable bonds is 5. The first kappa shape index (κ1) is 11.8. The van der Waals surface area contributed by atoms with Crippen LogP contribution in [-0.2, 0) is 11.2 Å². The lowest BCUT2D eigenvalue weighted by Gasteiger charge is -2.09. The van der Waals surface area contributed by atoms with Crippen LogP contribution in [0.15, 0.2) is 18.2 Å². The topological polar surface area (TPSA) is 78.3 Å². The zero-order valence-corrected chi connectivity index (χ0v) is 8.96. The fourth-order valence-corrected chi connectivity index (χ4v) is 1.38. The number of halogens is 1. The van der Waals surface area contributed by atoms with Gasteiger partial charge in [-0.1, -0.05) is 11.6 Å². The van der Waals surface area contributed by atoms with E-state index in [1.54, 1.807) is 18.2 Å². The molecule has 4 nitrogen and oxygen atoms in total. The van der Waals surface area contributed by atoms with Gasteiger partial charge in [0.15, 0.2) is 6.61 Å². The van der Waals surface area contributed by atoms with Crippen molar-refractivity contribution in [1.82, 2.24) is 0 Å². The molecule has 0 aromatic heterocycles. The van der Waals surface area contributed by atoms with Crippen LogP contribution in [0.2, 0.25) is 5.02 Å². The predicted octanol–water partition coefficient (Wildman–Crippen LogP) is 0.705. The summed E-state index contributed by atoms with van der Waals surface area (Å²) in [6.07, 6.45) is 0.647. The second kappa shape index (κ2) is 5.58. The van der Waals surface area contributed by atoms with Gasteiger partial charge >= 0.3 is 0 Å². The first-order chi connectivity index (χ1) is 7.13. The minimum Gasteiger partial charge on any atom is -0.484 e. The van der Waals surface area contributed by atoms with E-state index in [9.17, 15) is 4.79 Å². The summed E-state index contributed by atoms with van der Waals surface area (Å²) < 4.78 is 5.22. The molecule has 1 aromatic carbocycles. The van der Waals surface area contributed by atoms with Crippen molar-refractivity contribution in [2.24, 2.45) is 11.5 Å². The average Bonchev–Trinajstić information content (AvgIpc) is 2.17. The quantitative estimate of drug-likeness (QED) is 0.779. The Morgan fingerprint density at radius 3 is 2.80 bits per heavy atom. The molecule has 0 saturated carbocycles. The van der Waals surface area contributed by atoms with E-state index in [0.717, 1.165) is 5.56 Å². The molecule has 1 aromatic rings. The van der Waals surface area contributed by atoms with Gasteiger partial charge in [0, 0.05) is 5.02 Å². The molecule has 0 radical (unpaired) electrons. The Hall–Kier alpha value is -1.26. The van der Waals surface area contributed by atoms with E-state index >= 15 is 0 Å². The zero-order chi connectivity index (χ0) is 11.3. The van der Waals surface area contributed by atoms with Crippen LogP contribution in [0.3, 0.4) is 0 Å². The summed E-state index contributed by atoms with van der Waals surface area (Å²) in [4.78, 5) is 10.6. The third-order valence-electron chi connectivity index (χ3n) is 1.81. The molecular weight excluding hydrogens is 216 g/mol. The maximum Gasteiger partial charge on any atom is 0.255 e. The van der Waals surface area contributed by atoms with Gasteiger partial charge in [-0.25, -0.2) is 0 Å². The average molecular weight is 229 g/mol. The molecule has 0 aliphatic heterocycles. The van der Waals surface area contributed by atoms with Crippen molar-refractivity contribution in [3.8, 4) is 5.75 Å². The van der Waals surface area contributed by atoms with Gasteiger partial charge < -0.3 is 16.2 Å². The molecule has 0 bridgehead atoms. The Balaban J connectivity index is 2.80. The molecule has 0 spiro atoms. The summed E-state index contributed by atoms with van der Waals surface area (Å²) >= 11 is 5.83. The summed E-state index contributed by atoms with van der Waals surface area (Å²) in [7, 11) is 0.